The van der Waals surface area contributed by atoms with E-state index in [1.807, 2.05) is 24.3 Å². The summed E-state index contributed by atoms with van der Waals surface area (Å²) in [5.74, 6) is 1.29. The highest BCUT2D eigenvalue weighted by Gasteiger charge is 2.14. The lowest BCUT2D eigenvalue weighted by Gasteiger charge is -2.11. The molecule has 1 aromatic carbocycles. The van der Waals surface area contributed by atoms with Gasteiger partial charge in [-0.2, -0.15) is 5.26 Å². The Morgan fingerprint density at radius 2 is 2.00 bits per heavy atom. The summed E-state index contributed by atoms with van der Waals surface area (Å²) in [6, 6.07) is 9.48. The summed E-state index contributed by atoms with van der Waals surface area (Å²) in [5.41, 5.74) is 1.01. The van der Waals surface area contributed by atoms with Crippen LogP contribution in [0.25, 0.3) is 0 Å². The number of unbranched alkanes of at least 4 members (excludes halogenated alkanes) is 2. The molecule has 0 saturated carbocycles. The Morgan fingerprint density at radius 1 is 1.23 bits per heavy atom. The lowest BCUT2D eigenvalue weighted by molar-refractivity contribution is 0.272. The van der Waals surface area contributed by atoms with E-state index >= 15 is 0 Å². The minimum Gasteiger partial charge on any atom is -0.493 e. The van der Waals surface area contributed by atoms with Gasteiger partial charge in [-0.05, 0) is 18.6 Å². The second kappa shape index (κ2) is 8.03. The van der Waals surface area contributed by atoms with Crippen molar-refractivity contribution in [3.05, 3.63) is 35.7 Å². The average Bonchev–Trinajstić information content (AvgIpc) is 2.95. The van der Waals surface area contributed by atoms with Gasteiger partial charge in [0.05, 0.1) is 7.11 Å². The van der Waals surface area contributed by atoms with E-state index in [1.54, 1.807) is 11.8 Å². The van der Waals surface area contributed by atoms with E-state index in [0.717, 1.165) is 25.8 Å². The highest BCUT2D eigenvalue weighted by atomic mass is 16.5. The van der Waals surface area contributed by atoms with Crippen LogP contribution in [0.2, 0.25) is 0 Å². The van der Waals surface area contributed by atoms with E-state index in [2.05, 4.69) is 23.3 Å². The molecule has 22 heavy (non-hydrogen) atoms. The SMILES string of the molecule is CCCCCn1nnc(C#N)c1COc1ccccc1OC. The predicted octanol–water partition coefficient (Wildman–Crippen LogP) is 2.93. The van der Waals surface area contributed by atoms with E-state index in [0.29, 0.717) is 22.9 Å². The summed E-state index contributed by atoms with van der Waals surface area (Å²) in [5, 5.41) is 17.1. The molecule has 116 valence electrons. The summed E-state index contributed by atoms with van der Waals surface area (Å²) in [6.07, 6.45) is 3.26. The Labute approximate surface area is 130 Å². The van der Waals surface area contributed by atoms with Crippen LogP contribution in [0.5, 0.6) is 11.5 Å². The van der Waals surface area contributed by atoms with Gasteiger partial charge < -0.3 is 9.47 Å². The molecule has 0 radical (unpaired) electrons. The molecule has 2 aromatic rings. The Hall–Kier alpha value is -2.55. The van der Waals surface area contributed by atoms with E-state index < -0.39 is 0 Å². The number of para-hydroxylation sites is 2. The normalized spacial score (nSPS) is 10.2. The fraction of sp³-hybridized carbons (Fsp3) is 0.438. The van der Waals surface area contributed by atoms with Gasteiger partial charge in [0, 0.05) is 6.54 Å². The molecule has 0 N–H and O–H groups in total. The van der Waals surface area contributed by atoms with E-state index in [1.165, 1.54) is 0 Å². The molecule has 0 amide bonds. The van der Waals surface area contributed by atoms with Gasteiger partial charge in [-0.1, -0.05) is 37.1 Å². The third-order valence-electron chi connectivity index (χ3n) is 3.35. The van der Waals surface area contributed by atoms with Crippen molar-refractivity contribution >= 4 is 0 Å². The number of methoxy groups -OCH3 is 1. The number of rotatable bonds is 8. The third kappa shape index (κ3) is 3.76. The maximum atomic E-state index is 9.16. The molecule has 1 heterocycles. The van der Waals surface area contributed by atoms with Crippen LogP contribution in [0.1, 0.15) is 37.6 Å². The first-order valence-electron chi connectivity index (χ1n) is 7.38. The third-order valence-corrected chi connectivity index (χ3v) is 3.35. The Morgan fingerprint density at radius 3 is 2.68 bits per heavy atom. The Bertz CT molecular complexity index is 646. The van der Waals surface area contributed by atoms with Crippen molar-refractivity contribution in [1.82, 2.24) is 15.0 Å². The molecule has 0 aliphatic rings. The molecule has 0 atom stereocenters. The van der Waals surface area contributed by atoms with Crippen molar-refractivity contribution in [2.45, 2.75) is 39.3 Å². The van der Waals surface area contributed by atoms with Crippen LogP contribution in [0.15, 0.2) is 24.3 Å². The number of ether oxygens (including phenoxy) is 2. The van der Waals surface area contributed by atoms with Gasteiger partial charge in [0.1, 0.15) is 18.4 Å². The molecule has 0 fully saturated rings. The lowest BCUT2D eigenvalue weighted by Crippen LogP contribution is -2.09. The van der Waals surface area contributed by atoms with Crippen LogP contribution in [0.4, 0.5) is 0 Å². The lowest BCUT2D eigenvalue weighted by atomic mass is 10.2. The van der Waals surface area contributed by atoms with Crippen LogP contribution >= 0.6 is 0 Å². The quantitative estimate of drug-likeness (QED) is 0.701. The molecule has 0 saturated heterocycles. The molecule has 1 aromatic heterocycles. The number of nitriles is 1. The summed E-state index contributed by atoms with van der Waals surface area (Å²) >= 11 is 0. The van der Waals surface area contributed by atoms with Crippen molar-refractivity contribution in [3.8, 4) is 17.6 Å². The molecule has 0 aliphatic carbocycles. The standard InChI is InChI=1S/C16H20N4O2/c1-3-4-7-10-20-14(13(11-17)18-19-20)12-22-16-9-6-5-8-15(16)21-2/h5-6,8-9H,3-4,7,10,12H2,1-2H3. The number of hydrogen-bond acceptors (Lipinski definition) is 5. The number of hydrogen-bond donors (Lipinski definition) is 0. The topological polar surface area (TPSA) is 73.0 Å². The van der Waals surface area contributed by atoms with Crippen molar-refractivity contribution in [1.29, 1.82) is 5.26 Å². The highest BCUT2D eigenvalue weighted by Crippen LogP contribution is 2.26. The molecule has 0 aliphatic heterocycles. The van der Waals surface area contributed by atoms with Gasteiger partial charge in [0.2, 0.25) is 0 Å². The first kappa shape index (κ1) is 15.8. The van der Waals surface area contributed by atoms with Gasteiger partial charge in [0.15, 0.2) is 17.2 Å². The van der Waals surface area contributed by atoms with E-state index in [9.17, 15) is 0 Å². The predicted molar refractivity (Wildman–Crippen MR) is 81.6 cm³/mol. The zero-order valence-electron chi connectivity index (χ0n) is 13.0. The molecular formula is C16H20N4O2. The van der Waals surface area contributed by atoms with Crippen LogP contribution in [0.3, 0.4) is 0 Å². The van der Waals surface area contributed by atoms with Gasteiger partial charge in [-0.3, -0.25) is 0 Å². The smallest absolute Gasteiger partial charge is 0.189 e. The fourth-order valence-corrected chi connectivity index (χ4v) is 2.14. The average molecular weight is 300 g/mol. The fourth-order valence-electron chi connectivity index (χ4n) is 2.14. The van der Waals surface area contributed by atoms with Crippen molar-refractivity contribution in [3.63, 3.8) is 0 Å². The van der Waals surface area contributed by atoms with Gasteiger partial charge in [-0.15, -0.1) is 5.10 Å². The maximum Gasteiger partial charge on any atom is 0.189 e. The first-order valence-corrected chi connectivity index (χ1v) is 7.38. The molecule has 6 heteroatoms. The van der Waals surface area contributed by atoms with E-state index in [-0.39, 0.29) is 6.61 Å². The maximum absolute atomic E-state index is 9.16. The molecular weight excluding hydrogens is 280 g/mol. The largest absolute Gasteiger partial charge is 0.493 e. The summed E-state index contributed by atoms with van der Waals surface area (Å²) in [4.78, 5) is 0. The zero-order chi connectivity index (χ0) is 15.8. The number of nitrogens with zero attached hydrogens (tertiary/aromatic N) is 4. The first-order chi connectivity index (χ1) is 10.8. The second-order valence-corrected chi connectivity index (χ2v) is 4.87. The van der Waals surface area contributed by atoms with Crippen LogP contribution < -0.4 is 9.47 Å². The van der Waals surface area contributed by atoms with Crippen molar-refractivity contribution in [2.75, 3.05) is 7.11 Å². The van der Waals surface area contributed by atoms with Gasteiger partial charge >= 0.3 is 0 Å². The van der Waals surface area contributed by atoms with Gasteiger partial charge in [0.25, 0.3) is 0 Å². The Kier molecular flexibility index (Phi) is 5.78. The summed E-state index contributed by atoms with van der Waals surface area (Å²) < 4.78 is 12.8. The van der Waals surface area contributed by atoms with Crippen LogP contribution in [-0.2, 0) is 13.2 Å². The molecule has 0 bridgehead atoms. The molecule has 0 spiro atoms. The number of benzene rings is 1. The van der Waals surface area contributed by atoms with Crippen molar-refractivity contribution < 1.29 is 9.47 Å². The number of aromatic nitrogens is 3. The summed E-state index contributed by atoms with van der Waals surface area (Å²) in [6.45, 7) is 3.13. The zero-order valence-corrected chi connectivity index (χ0v) is 13.0. The minimum absolute atomic E-state index is 0.238. The van der Waals surface area contributed by atoms with Crippen molar-refractivity contribution in [2.24, 2.45) is 0 Å². The highest BCUT2D eigenvalue weighted by molar-refractivity contribution is 5.39. The van der Waals surface area contributed by atoms with Crippen LogP contribution in [-0.4, -0.2) is 22.1 Å². The molecule has 2 rings (SSSR count). The monoisotopic (exact) mass is 300 g/mol. The molecule has 6 nitrogen and oxygen atoms in total. The molecule has 0 unspecified atom stereocenters. The Balaban J connectivity index is 2.11. The number of aryl methyl sites for hydroxylation is 1. The van der Waals surface area contributed by atoms with Crippen LogP contribution in [0, 0.1) is 11.3 Å². The minimum atomic E-state index is 0.238. The van der Waals surface area contributed by atoms with Gasteiger partial charge in [-0.25, -0.2) is 4.68 Å². The summed E-state index contributed by atoms with van der Waals surface area (Å²) in [7, 11) is 1.60. The second-order valence-electron chi connectivity index (χ2n) is 4.87. The van der Waals surface area contributed by atoms with E-state index in [4.69, 9.17) is 14.7 Å².